The minimum absolute atomic E-state index is 0.0926. The standard InChI is InChI=1S/C26H31O9P/c1-17-23(32-18(2)27)24(33-19(3)28)25(34-20(4)29)26(31-17)35-36(30,15-21-11-7-5-8-12-21)16-22-13-9-6-10-14-22/h5-14,17,23-26H,15-16H2,1-4H3/t17-,23+,24+,25-,26?/m0/s1. The van der Waals surface area contributed by atoms with E-state index in [1.807, 2.05) is 60.7 Å². The molecule has 1 aliphatic heterocycles. The van der Waals surface area contributed by atoms with Crippen LogP contribution in [0.25, 0.3) is 0 Å². The number of hydrogen-bond donors (Lipinski definition) is 0. The molecule has 1 unspecified atom stereocenters. The van der Waals surface area contributed by atoms with Crippen molar-refractivity contribution in [3.63, 3.8) is 0 Å². The van der Waals surface area contributed by atoms with Gasteiger partial charge in [0.1, 0.15) is 0 Å². The summed E-state index contributed by atoms with van der Waals surface area (Å²) in [5.41, 5.74) is 1.58. The maximum absolute atomic E-state index is 14.3. The molecule has 36 heavy (non-hydrogen) atoms. The molecule has 3 rings (SSSR count). The highest BCUT2D eigenvalue weighted by molar-refractivity contribution is 7.57. The fourth-order valence-electron chi connectivity index (χ4n) is 4.10. The Morgan fingerprint density at radius 2 is 1.14 bits per heavy atom. The summed E-state index contributed by atoms with van der Waals surface area (Å²) in [5.74, 6) is -2.02. The van der Waals surface area contributed by atoms with E-state index >= 15 is 0 Å². The molecule has 2 aromatic rings. The Hall–Kier alpha value is -3.00. The van der Waals surface area contributed by atoms with E-state index in [-0.39, 0.29) is 12.3 Å². The summed E-state index contributed by atoms with van der Waals surface area (Å²) in [4.78, 5) is 35.6. The molecule has 0 spiro atoms. The number of carbonyl (C=O) groups is 3. The van der Waals surface area contributed by atoms with Gasteiger partial charge >= 0.3 is 17.9 Å². The number of ether oxygens (including phenoxy) is 4. The lowest BCUT2D eigenvalue weighted by Crippen LogP contribution is -2.61. The highest BCUT2D eigenvalue weighted by atomic mass is 31.2. The van der Waals surface area contributed by atoms with Crippen molar-refractivity contribution in [2.24, 2.45) is 0 Å². The summed E-state index contributed by atoms with van der Waals surface area (Å²) in [5, 5.41) is 0. The number of esters is 3. The van der Waals surface area contributed by atoms with Crippen molar-refractivity contribution in [3.05, 3.63) is 71.8 Å². The van der Waals surface area contributed by atoms with Crippen LogP contribution in [-0.2, 0) is 54.7 Å². The molecular weight excluding hydrogens is 487 g/mol. The van der Waals surface area contributed by atoms with Crippen molar-refractivity contribution in [2.45, 2.75) is 70.7 Å². The first-order valence-electron chi connectivity index (χ1n) is 11.6. The van der Waals surface area contributed by atoms with Crippen LogP contribution in [0.2, 0.25) is 0 Å². The van der Waals surface area contributed by atoms with Gasteiger partial charge in [-0.1, -0.05) is 60.7 Å². The molecule has 0 amide bonds. The number of hydrogen-bond acceptors (Lipinski definition) is 9. The van der Waals surface area contributed by atoms with Crippen LogP contribution in [0.5, 0.6) is 0 Å². The first-order valence-corrected chi connectivity index (χ1v) is 13.6. The minimum atomic E-state index is -3.51. The zero-order valence-corrected chi connectivity index (χ0v) is 21.6. The van der Waals surface area contributed by atoms with Gasteiger partial charge in [0, 0.05) is 20.8 Å². The molecule has 1 saturated heterocycles. The zero-order valence-electron chi connectivity index (χ0n) is 20.7. The van der Waals surface area contributed by atoms with E-state index in [2.05, 4.69) is 0 Å². The number of carbonyl (C=O) groups excluding carboxylic acids is 3. The lowest BCUT2D eigenvalue weighted by molar-refractivity contribution is -0.280. The molecule has 1 fully saturated rings. The van der Waals surface area contributed by atoms with E-state index in [0.29, 0.717) is 0 Å². The summed E-state index contributed by atoms with van der Waals surface area (Å²) in [6, 6.07) is 18.4. The maximum Gasteiger partial charge on any atom is 0.303 e. The molecule has 0 saturated carbocycles. The molecule has 1 aliphatic rings. The van der Waals surface area contributed by atoms with Gasteiger partial charge in [-0.3, -0.25) is 23.5 Å². The molecule has 5 atom stereocenters. The molecule has 2 aromatic carbocycles. The molecule has 0 radical (unpaired) electrons. The van der Waals surface area contributed by atoms with Gasteiger partial charge < -0.3 is 18.9 Å². The molecule has 10 heteroatoms. The van der Waals surface area contributed by atoms with Crippen LogP contribution in [-0.4, -0.2) is 48.6 Å². The van der Waals surface area contributed by atoms with Gasteiger partial charge in [-0.2, -0.15) is 0 Å². The van der Waals surface area contributed by atoms with Gasteiger partial charge in [0.05, 0.1) is 18.4 Å². The number of benzene rings is 2. The SMILES string of the molecule is CC(=O)O[C@@H]1[C@H](OC(C)=O)[C@H](C)OC(OP(=O)(Cc2ccccc2)Cc2ccccc2)[C@H]1OC(C)=O. The monoisotopic (exact) mass is 518 g/mol. The Balaban J connectivity index is 1.98. The Bertz CT molecular complexity index is 1040. The van der Waals surface area contributed by atoms with Crippen molar-refractivity contribution in [1.82, 2.24) is 0 Å². The second kappa shape index (κ2) is 12.3. The van der Waals surface area contributed by atoms with Crippen molar-refractivity contribution in [1.29, 1.82) is 0 Å². The average Bonchev–Trinajstić information content (AvgIpc) is 2.79. The van der Waals surface area contributed by atoms with Gasteiger partial charge in [-0.05, 0) is 18.1 Å². The van der Waals surface area contributed by atoms with Crippen LogP contribution in [0.1, 0.15) is 38.8 Å². The first-order chi connectivity index (χ1) is 17.1. The Kier molecular flexibility index (Phi) is 9.43. The zero-order chi connectivity index (χ0) is 26.3. The molecule has 0 bridgehead atoms. The highest BCUT2D eigenvalue weighted by Gasteiger charge is 2.52. The minimum Gasteiger partial charge on any atom is -0.456 e. The molecule has 9 nitrogen and oxygen atoms in total. The summed E-state index contributed by atoms with van der Waals surface area (Å²) in [6.07, 6.45) is -5.61. The lowest BCUT2D eigenvalue weighted by Gasteiger charge is -2.44. The average molecular weight is 518 g/mol. The van der Waals surface area contributed by atoms with Crippen molar-refractivity contribution >= 4 is 25.3 Å². The largest absolute Gasteiger partial charge is 0.456 e. The molecular formula is C26H31O9P. The summed E-state index contributed by atoms with van der Waals surface area (Å²) < 4.78 is 42.6. The topological polar surface area (TPSA) is 114 Å². The molecule has 1 heterocycles. The fourth-order valence-corrected chi connectivity index (χ4v) is 6.44. The smallest absolute Gasteiger partial charge is 0.303 e. The van der Waals surface area contributed by atoms with E-state index in [1.54, 1.807) is 6.92 Å². The number of rotatable bonds is 9. The Morgan fingerprint density at radius 1 is 0.722 bits per heavy atom. The van der Waals surface area contributed by atoms with Crippen molar-refractivity contribution in [2.75, 3.05) is 0 Å². The molecule has 0 N–H and O–H groups in total. The Morgan fingerprint density at radius 3 is 1.58 bits per heavy atom. The van der Waals surface area contributed by atoms with Crippen LogP contribution >= 0.6 is 7.37 Å². The van der Waals surface area contributed by atoms with E-state index in [1.165, 1.54) is 20.8 Å². The van der Waals surface area contributed by atoms with Gasteiger partial charge in [0.15, 0.2) is 18.3 Å². The predicted molar refractivity (Wildman–Crippen MR) is 130 cm³/mol. The van der Waals surface area contributed by atoms with Crippen LogP contribution in [0, 0.1) is 0 Å². The van der Waals surface area contributed by atoms with Crippen LogP contribution in [0.3, 0.4) is 0 Å². The summed E-state index contributed by atoms with van der Waals surface area (Å²) >= 11 is 0. The first kappa shape index (κ1) is 27.6. The predicted octanol–water partition coefficient (Wildman–Crippen LogP) is 4.22. The van der Waals surface area contributed by atoms with E-state index in [4.69, 9.17) is 23.5 Å². The molecule has 194 valence electrons. The third-order valence-corrected chi connectivity index (χ3v) is 7.75. The van der Waals surface area contributed by atoms with Crippen LogP contribution in [0.15, 0.2) is 60.7 Å². The maximum atomic E-state index is 14.3. The van der Waals surface area contributed by atoms with E-state index in [0.717, 1.165) is 11.1 Å². The lowest BCUT2D eigenvalue weighted by atomic mass is 9.99. The van der Waals surface area contributed by atoms with Crippen LogP contribution in [0.4, 0.5) is 0 Å². The molecule has 0 aliphatic carbocycles. The van der Waals surface area contributed by atoms with Crippen molar-refractivity contribution < 1.29 is 42.4 Å². The second-order valence-corrected chi connectivity index (χ2v) is 11.1. The molecule has 0 aromatic heterocycles. The third kappa shape index (κ3) is 7.75. The third-order valence-electron chi connectivity index (χ3n) is 5.46. The second-order valence-electron chi connectivity index (χ2n) is 8.64. The Labute approximate surface area is 210 Å². The summed E-state index contributed by atoms with van der Waals surface area (Å²) in [7, 11) is -3.51. The van der Waals surface area contributed by atoms with Gasteiger partial charge in [-0.15, -0.1) is 0 Å². The van der Waals surface area contributed by atoms with Crippen molar-refractivity contribution in [3.8, 4) is 0 Å². The van der Waals surface area contributed by atoms with E-state index in [9.17, 15) is 18.9 Å². The van der Waals surface area contributed by atoms with Gasteiger partial charge in [-0.25, -0.2) is 0 Å². The highest BCUT2D eigenvalue weighted by Crippen LogP contribution is 2.55. The fraction of sp³-hybridized carbons (Fsp3) is 0.423. The quantitative estimate of drug-likeness (QED) is 0.273. The van der Waals surface area contributed by atoms with Crippen LogP contribution < -0.4 is 0 Å². The van der Waals surface area contributed by atoms with Gasteiger partial charge in [0.2, 0.25) is 13.7 Å². The van der Waals surface area contributed by atoms with E-state index < -0.39 is 56.0 Å². The normalized spacial score (nSPS) is 23.9. The van der Waals surface area contributed by atoms with Gasteiger partial charge in [0.25, 0.3) is 0 Å². The summed E-state index contributed by atoms with van der Waals surface area (Å²) in [6.45, 7) is 5.16.